The van der Waals surface area contributed by atoms with Gasteiger partial charge in [0.25, 0.3) is 0 Å². The van der Waals surface area contributed by atoms with Gasteiger partial charge in [-0.15, -0.1) is 0 Å². The van der Waals surface area contributed by atoms with E-state index < -0.39 is 0 Å². The van der Waals surface area contributed by atoms with Gasteiger partial charge in [-0.25, -0.2) is 4.98 Å². The Morgan fingerprint density at radius 2 is 2.19 bits per heavy atom. The van der Waals surface area contributed by atoms with Crippen molar-refractivity contribution >= 4 is 17.4 Å². The van der Waals surface area contributed by atoms with Crippen LogP contribution in [0, 0.1) is 5.92 Å². The standard InChI is InChI=1S/C11H18ClN3O/c1-4-16-7-9(8(2)3)14-11-6-13-5-10(12)15-11/h5-6,8-9H,4,7H2,1-3H3,(H,14,15). The fourth-order valence-electron chi connectivity index (χ4n) is 1.25. The molecule has 1 heterocycles. The summed E-state index contributed by atoms with van der Waals surface area (Å²) >= 11 is 5.77. The van der Waals surface area contributed by atoms with E-state index in [1.165, 1.54) is 6.20 Å². The zero-order valence-corrected chi connectivity index (χ0v) is 10.7. The summed E-state index contributed by atoms with van der Waals surface area (Å²) in [5, 5.41) is 3.66. The molecule has 1 aromatic rings. The van der Waals surface area contributed by atoms with Gasteiger partial charge in [0, 0.05) is 6.61 Å². The van der Waals surface area contributed by atoms with Crippen LogP contribution in [0.4, 0.5) is 5.82 Å². The van der Waals surface area contributed by atoms with Crippen LogP contribution in [0.1, 0.15) is 20.8 Å². The number of nitrogens with zero attached hydrogens (tertiary/aromatic N) is 2. The molecule has 0 radical (unpaired) electrons. The molecule has 0 aliphatic rings. The van der Waals surface area contributed by atoms with Gasteiger partial charge < -0.3 is 10.1 Å². The summed E-state index contributed by atoms with van der Waals surface area (Å²) in [6, 6.07) is 0.215. The number of rotatable bonds is 6. The number of halogens is 1. The molecule has 4 nitrogen and oxygen atoms in total. The van der Waals surface area contributed by atoms with Gasteiger partial charge in [-0.3, -0.25) is 4.98 Å². The van der Waals surface area contributed by atoms with Crippen LogP contribution in [-0.4, -0.2) is 29.2 Å². The lowest BCUT2D eigenvalue weighted by Crippen LogP contribution is -2.31. The van der Waals surface area contributed by atoms with E-state index in [4.69, 9.17) is 16.3 Å². The highest BCUT2D eigenvalue weighted by Gasteiger charge is 2.13. The van der Waals surface area contributed by atoms with E-state index in [-0.39, 0.29) is 6.04 Å². The van der Waals surface area contributed by atoms with Crippen molar-refractivity contribution in [2.24, 2.45) is 5.92 Å². The van der Waals surface area contributed by atoms with E-state index in [9.17, 15) is 0 Å². The summed E-state index contributed by atoms with van der Waals surface area (Å²) in [7, 11) is 0. The van der Waals surface area contributed by atoms with Crippen molar-refractivity contribution in [2.45, 2.75) is 26.8 Å². The minimum atomic E-state index is 0.215. The maximum absolute atomic E-state index is 5.77. The number of aromatic nitrogens is 2. The van der Waals surface area contributed by atoms with Crippen LogP contribution in [0.3, 0.4) is 0 Å². The minimum absolute atomic E-state index is 0.215. The molecule has 1 unspecified atom stereocenters. The van der Waals surface area contributed by atoms with E-state index >= 15 is 0 Å². The van der Waals surface area contributed by atoms with Crippen molar-refractivity contribution in [3.8, 4) is 0 Å². The third kappa shape index (κ3) is 4.33. The molecule has 5 heteroatoms. The molecule has 1 atom stereocenters. The maximum atomic E-state index is 5.77. The number of hydrogen-bond donors (Lipinski definition) is 1. The Morgan fingerprint density at radius 3 is 2.75 bits per heavy atom. The van der Waals surface area contributed by atoms with E-state index in [1.807, 2.05) is 6.92 Å². The number of hydrogen-bond acceptors (Lipinski definition) is 4. The first-order chi connectivity index (χ1) is 7.63. The average molecular weight is 244 g/mol. The molecule has 0 aliphatic heterocycles. The fourth-order valence-corrected chi connectivity index (χ4v) is 1.39. The first-order valence-electron chi connectivity index (χ1n) is 5.45. The number of anilines is 1. The Bertz CT molecular complexity index is 320. The lowest BCUT2D eigenvalue weighted by Gasteiger charge is -2.22. The highest BCUT2D eigenvalue weighted by Crippen LogP contribution is 2.12. The molecule has 0 spiro atoms. The third-order valence-electron chi connectivity index (χ3n) is 2.24. The molecule has 90 valence electrons. The molecule has 0 fully saturated rings. The van der Waals surface area contributed by atoms with Gasteiger partial charge in [0.2, 0.25) is 0 Å². The monoisotopic (exact) mass is 243 g/mol. The van der Waals surface area contributed by atoms with Crippen LogP contribution in [0.5, 0.6) is 0 Å². The van der Waals surface area contributed by atoms with Gasteiger partial charge in [-0.2, -0.15) is 0 Å². The average Bonchev–Trinajstić information content (AvgIpc) is 2.24. The second-order valence-electron chi connectivity index (χ2n) is 3.88. The van der Waals surface area contributed by atoms with Crippen molar-refractivity contribution in [3.05, 3.63) is 17.5 Å². The minimum Gasteiger partial charge on any atom is -0.380 e. The molecule has 0 bridgehead atoms. The molecule has 0 saturated carbocycles. The summed E-state index contributed by atoms with van der Waals surface area (Å²) < 4.78 is 5.42. The molecule has 1 aromatic heterocycles. The highest BCUT2D eigenvalue weighted by atomic mass is 35.5. The van der Waals surface area contributed by atoms with Crippen LogP contribution in [0.25, 0.3) is 0 Å². The van der Waals surface area contributed by atoms with Crippen LogP contribution in [-0.2, 0) is 4.74 Å². The van der Waals surface area contributed by atoms with Crippen molar-refractivity contribution < 1.29 is 4.74 Å². The van der Waals surface area contributed by atoms with Crippen molar-refractivity contribution in [1.82, 2.24) is 9.97 Å². The predicted octanol–water partition coefficient (Wildman–Crippen LogP) is 2.60. The lowest BCUT2D eigenvalue weighted by molar-refractivity contribution is 0.126. The lowest BCUT2D eigenvalue weighted by atomic mass is 10.1. The Labute approximate surface area is 101 Å². The molecule has 1 N–H and O–H groups in total. The van der Waals surface area contributed by atoms with Crippen molar-refractivity contribution in [3.63, 3.8) is 0 Å². The quantitative estimate of drug-likeness (QED) is 0.834. The van der Waals surface area contributed by atoms with Gasteiger partial charge >= 0.3 is 0 Å². The molecular weight excluding hydrogens is 226 g/mol. The predicted molar refractivity (Wildman–Crippen MR) is 65.8 cm³/mol. The Kier molecular flexibility index (Phi) is 5.49. The number of nitrogens with one attached hydrogen (secondary N) is 1. The molecule has 1 rings (SSSR count). The molecule has 0 saturated heterocycles. The normalized spacial score (nSPS) is 12.8. The molecular formula is C11H18ClN3O. The summed E-state index contributed by atoms with van der Waals surface area (Å²) in [6.45, 7) is 7.62. The Morgan fingerprint density at radius 1 is 1.44 bits per heavy atom. The second kappa shape index (κ2) is 6.66. The molecule has 0 aromatic carbocycles. The number of ether oxygens (including phenoxy) is 1. The molecule has 0 aliphatic carbocycles. The smallest absolute Gasteiger partial charge is 0.149 e. The van der Waals surface area contributed by atoms with Crippen LogP contribution in [0.15, 0.2) is 12.4 Å². The van der Waals surface area contributed by atoms with Gasteiger partial charge in [0.15, 0.2) is 0 Å². The zero-order valence-electron chi connectivity index (χ0n) is 9.90. The first kappa shape index (κ1) is 13.2. The van der Waals surface area contributed by atoms with Gasteiger partial charge in [0.05, 0.1) is 25.0 Å². The third-order valence-corrected chi connectivity index (χ3v) is 2.43. The van der Waals surface area contributed by atoms with Gasteiger partial charge in [-0.05, 0) is 12.8 Å². The van der Waals surface area contributed by atoms with Crippen molar-refractivity contribution in [1.29, 1.82) is 0 Å². The fraction of sp³-hybridized carbons (Fsp3) is 0.636. The topological polar surface area (TPSA) is 47.0 Å². The van der Waals surface area contributed by atoms with E-state index in [0.717, 1.165) is 0 Å². The van der Waals surface area contributed by atoms with Gasteiger partial charge in [0.1, 0.15) is 11.0 Å². The summed E-state index contributed by atoms with van der Waals surface area (Å²) in [4.78, 5) is 8.12. The van der Waals surface area contributed by atoms with Gasteiger partial charge in [-0.1, -0.05) is 25.4 Å². The summed E-state index contributed by atoms with van der Waals surface area (Å²) in [6.07, 6.45) is 3.17. The summed E-state index contributed by atoms with van der Waals surface area (Å²) in [5.74, 6) is 1.14. The maximum Gasteiger partial charge on any atom is 0.149 e. The van der Waals surface area contributed by atoms with Crippen LogP contribution in [0.2, 0.25) is 5.15 Å². The second-order valence-corrected chi connectivity index (χ2v) is 4.27. The molecule has 16 heavy (non-hydrogen) atoms. The van der Waals surface area contributed by atoms with Crippen LogP contribution >= 0.6 is 11.6 Å². The Balaban J connectivity index is 2.60. The Hall–Kier alpha value is -0.870. The largest absolute Gasteiger partial charge is 0.380 e. The van der Waals surface area contributed by atoms with Crippen LogP contribution < -0.4 is 5.32 Å². The SMILES string of the molecule is CCOCC(Nc1cncc(Cl)n1)C(C)C. The summed E-state index contributed by atoms with van der Waals surface area (Å²) in [5.41, 5.74) is 0. The first-order valence-corrected chi connectivity index (χ1v) is 5.83. The zero-order chi connectivity index (χ0) is 12.0. The highest BCUT2D eigenvalue weighted by molar-refractivity contribution is 6.29. The van der Waals surface area contributed by atoms with E-state index in [1.54, 1.807) is 6.20 Å². The van der Waals surface area contributed by atoms with E-state index in [2.05, 4.69) is 29.1 Å². The van der Waals surface area contributed by atoms with Crippen molar-refractivity contribution in [2.75, 3.05) is 18.5 Å². The molecule has 0 amide bonds. The van der Waals surface area contributed by atoms with E-state index in [0.29, 0.717) is 30.1 Å².